The molecule has 0 fully saturated rings. The van der Waals surface area contributed by atoms with Crippen molar-refractivity contribution in [2.75, 3.05) is 38.3 Å². The number of hydrogen-bond donors (Lipinski definition) is 0. The van der Waals surface area contributed by atoms with Crippen LogP contribution in [0.25, 0.3) is 0 Å². The number of aryl methyl sites for hydroxylation is 1. The van der Waals surface area contributed by atoms with Crippen LogP contribution in [0.2, 0.25) is 0 Å². The number of rotatable bonds is 8. The molecule has 1 amide bonds. The summed E-state index contributed by atoms with van der Waals surface area (Å²) in [7, 11) is 1.64. The zero-order valence-corrected chi connectivity index (χ0v) is 17.1. The number of carbonyl (C=O) groups is 2. The Bertz CT molecular complexity index is 838. The molecule has 0 N–H and O–H groups in total. The Hall–Kier alpha value is -2.86. The molecule has 1 aliphatic heterocycles. The van der Waals surface area contributed by atoms with E-state index in [0.29, 0.717) is 19.7 Å². The van der Waals surface area contributed by atoms with Crippen molar-refractivity contribution < 1.29 is 19.1 Å². The number of nitrogens with zero attached hydrogens (tertiary/aromatic N) is 2. The quantitative estimate of drug-likeness (QED) is 0.642. The zero-order valence-electron chi connectivity index (χ0n) is 17.1. The first-order valence-corrected chi connectivity index (χ1v) is 10.00. The highest BCUT2D eigenvalue weighted by atomic mass is 16.5. The molecule has 0 atom stereocenters. The minimum atomic E-state index is -0.319. The first-order chi connectivity index (χ1) is 14.1. The van der Waals surface area contributed by atoms with Crippen LogP contribution in [-0.2, 0) is 27.3 Å². The lowest BCUT2D eigenvalue weighted by molar-refractivity contribution is -0.144. The number of ether oxygens (including phenoxy) is 2. The third-order valence-corrected chi connectivity index (χ3v) is 4.97. The van der Waals surface area contributed by atoms with Gasteiger partial charge in [-0.25, -0.2) is 0 Å². The van der Waals surface area contributed by atoms with Crippen LogP contribution in [-0.4, -0.2) is 50.1 Å². The summed E-state index contributed by atoms with van der Waals surface area (Å²) in [5.41, 5.74) is 3.09. The summed E-state index contributed by atoms with van der Waals surface area (Å²) in [5, 5.41) is 0. The van der Waals surface area contributed by atoms with E-state index < -0.39 is 0 Å². The number of hydrogen-bond acceptors (Lipinski definition) is 5. The van der Waals surface area contributed by atoms with Crippen molar-refractivity contribution in [2.45, 2.75) is 26.3 Å². The summed E-state index contributed by atoms with van der Waals surface area (Å²) in [5.74, 6) is 0.461. The molecule has 2 aromatic rings. The van der Waals surface area contributed by atoms with Crippen molar-refractivity contribution in [3.05, 3.63) is 59.7 Å². The number of methoxy groups -OCH3 is 1. The van der Waals surface area contributed by atoms with Gasteiger partial charge in [0.15, 0.2) is 0 Å². The molecule has 3 rings (SSSR count). The normalized spacial score (nSPS) is 13.1. The summed E-state index contributed by atoms with van der Waals surface area (Å²) in [6.45, 7) is 3.53. The Kier molecular flexibility index (Phi) is 7.25. The number of amides is 1. The molecule has 0 saturated carbocycles. The molecule has 0 radical (unpaired) electrons. The topological polar surface area (TPSA) is 59.1 Å². The van der Waals surface area contributed by atoms with Crippen LogP contribution >= 0.6 is 0 Å². The first kappa shape index (κ1) is 20.9. The number of benzene rings is 2. The van der Waals surface area contributed by atoms with Crippen molar-refractivity contribution in [3.8, 4) is 5.75 Å². The Morgan fingerprint density at radius 1 is 1.10 bits per heavy atom. The summed E-state index contributed by atoms with van der Waals surface area (Å²) in [6, 6.07) is 15.7. The highest BCUT2D eigenvalue weighted by Gasteiger charge is 2.25. The van der Waals surface area contributed by atoms with Gasteiger partial charge in [-0.05, 0) is 49.1 Å². The first-order valence-electron chi connectivity index (χ1n) is 10.00. The number of anilines is 1. The van der Waals surface area contributed by atoms with Crippen molar-refractivity contribution in [1.29, 1.82) is 0 Å². The maximum Gasteiger partial charge on any atom is 0.320 e. The molecule has 0 bridgehead atoms. The second-order valence-electron chi connectivity index (χ2n) is 7.08. The fraction of sp³-hybridized carbons (Fsp3) is 0.391. The van der Waals surface area contributed by atoms with Crippen LogP contribution in [0.15, 0.2) is 48.5 Å². The van der Waals surface area contributed by atoms with Gasteiger partial charge < -0.3 is 14.4 Å². The minimum absolute atomic E-state index is 0.0173. The molecule has 154 valence electrons. The summed E-state index contributed by atoms with van der Waals surface area (Å²) >= 11 is 0. The predicted molar refractivity (Wildman–Crippen MR) is 112 cm³/mol. The van der Waals surface area contributed by atoms with Gasteiger partial charge in [0.25, 0.3) is 0 Å². The highest BCUT2D eigenvalue weighted by molar-refractivity contribution is 5.96. The average molecular weight is 396 g/mol. The molecule has 1 heterocycles. The summed E-state index contributed by atoms with van der Waals surface area (Å²) in [6.07, 6.45) is 1.83. The van der Waals surface area contributed by atoms with E-state index in [-0.39, 0.29) is 25.0 Å². The van der Waals surface area contributed by atoms with Crippen LogP contribution in [0, 0.1) is 0 Å². The predicted octanol–water partition coefficient (Wildman–Crippen LogP) is 3.04. The van der Waals surface area contributed by atoms with Gasteiger partial charge in [-0.1, -0.05) is 30.3 Å². The SMILES string of the molecule is CCOC(=O)CN(CC(=O)N1CCCc2cc(OC)ccc21)Cc1ccccc1. The van der Waals surface area contributed by atoms with Gasteiger partial charge in [0.2, 0.25) is 5.91 Å². The smallest absolute Gasteiger partial charge is 0.320 e. The van der Waals surface area contributed by atoms with Gasteiger partial charge in [-0.2, -0.15) is 0 Å². The molecule has 6 heteroatoms. The van der Waals surface area contributed by atoms with Crippen molar-refractivity contribution in [3.63, 3.8) is 0 Å². The Morgan fingerprint density at radius 3 is 2.62 bits per heavy atom. The van der Waals surface area contributed by atoms with E-state index in [2.05, 4.69) is 0 Å². The molecule has 29 heavy (non-hydrogen) atoms. The van der Waals surface area contributed by atoms with E-state index in [0.717, 1.165) is 35.4 Å². The fourth-order valence-electron chi connectivity index (χ4n) is 3.63. The van der Waals surface area contributed by atoms with Gasteiger partial charge in [0.1, 0.15) is 5.75 Å². The lowest BCUT2D eigenvalue weighted by atomic mass is 10.0. The lowest BCUT2D eigenvalue weighted by Crippen LogP contribution is -2.44. The second kappa shape index (κ2) is 10.1. The van der Waals surface area contributed by atoms with E-state index in [1.165, 1.54) is 0 Å². The molecule has 0 saturated heterocycles. The Balaban J connectivity index is 1.75. The van der Waals surface area contributed by atoms with E-state index in [1.807, 2.05) is 58.3 Å². The molecule has 0 unspecified atom stereocenters. The number of esters is 1. The van der Waals surface area contributed by atoms with E-state index in [4.69, 9.17) is 9.47 Å². The van der Waals surface area contributed by atoms with Crippen LogP contribution in [0.3, 0.4) is 0 Å². The third-order valence-electron chi connectivity index (χ3n) is 4.97. The van der Waals surface area contributed by atoms with E-state index in [9.17, 15) is 9.59 Å². The van der Waals surface area contributed by atoms with Crippen molar-refractivity contribution >= 4 is 17.6 Å². The fourth-order valence-corrected chi connectivity index (χ4v) is 3.63. The van der Waals surface area contributed by atoms with E-state index >= 15 is 0 Å². The van der Waals surface area contributed by atoms with Crippen molar-refractivity contribution in [2.24, 2.45) is 0 Å². The summed E-state index contributed by atoms with van der Waals surface area (Å²) in [4.78, 5) is 28.9. The monoisotopic (exact) mass is 396 g/mol. The number of fused-ring (bicyclic) bond motifs is 1. The van der Waals surface area contributed by atoms with Crippen LogP contribution < -0.4 is 9.64 Å². The van der Waals surface area contributed by atoms with Gasteiger partial charge >= 0.3 is 5.97 Å². The van der Waals surface area contributed by atoms with Crippen LogP contribution in [0.4, 0.5) is 5.69 Å². The molecule has 6 nitrogen and oxygen atoms in total. The van der Waals surface area contributed by atoms with Crippen LogP contribution in [0.5, 0.6) is 5.75 Å². The molecule has 0 aliphatic carbocycles. The molecule has 0 spiro atoms. The molecule has 0 aromatic heterocycles. The van der Waals surface area contributed by atoms with E-state index in [1.54, 1.807) is 14.0 Å². The largest absolute Gasteiger partial charge is 0.497 e. The number of carbonyl (C=O) groups excluding carboxylic acids is 2. The summed E-state index contributed by atoms with van der Waals surface area (Å²) < 4.78 is 10.4. The molecular weight excluding hydrogens is 368 g/mol. The standard InChI is InChI=1S/C23H28N2O4/c1-3-29-23(27)17-24(15-18-8-5-4-6-9-18)16-22(26)25-13-7-10-19-14-20(28-2)11-12-21(19)25/h4-6,8-9,11-12,14H,3,7,10,13,15-17H2,1-2H3. The lowest BCUT2D eigenvalue weighted by Gasteiger charge is -2.32. The minimum Gasteiger partial charge on any atom is -0.497 e. The average Bonchev–Trinajstić information content (AvgIpc) is 2.73. The van der Waals surface area contributed by atoms with Crippen molar-refractivity contribution in [1.82, 2.24) is 4.90 Å². The highest BCUT2D eigenvalue weighted by Crippen LogP contribution is 2.30. The maximum absolute atomic E-state index is 13.2. The molecule has 2 aromatic carbocycles. The Labute approximate surface area is 172 Å². The second-order valence-corrected chi connectivity index (χ2v) is 7.08. The third kappa shape index (κ3) is 5.57. The molecule has 1 aliphatic rings. The van der Waals surface area contributed by atoms with Gasteiger partial charge in [0, 0.05) is 18.8 Å². The Morgan fingerprint density at radius 2 is 1.90 bits per heavy atom. The zero-order chi connectivity index (χ0) is 20.6. The molecular formula is C23H28N2O4. The van der Waals surface area contributed by atoms with Gasteiger partial charge in [-0.3, -0.25) is 14.5 Å². The maximum atomic E-state index is 13.2. The van der Waals surface area contributed by atoms with Crippen LogP contribution in [0.1, 0.15) is 24.5 Å². The van der Waals surface area contributed by atoms with Gasteiger partial charge in [-0.15, -0.1) is 0 Å². The van der Waals surface area contributed by atoms with Gasteiger partial charge in [0.05, 0.1) is 26.8 Å².